The van der Waals surface area contributed by atoms with E-state index in [1.165, 1.54) is 32.2 Å². The zero-order valence-electron chi connectivity index (χ0n) is 8.64. The van der Waals surface area contributed by atoms with Crippen LogP contribution in [0.25, 0.3) is 0 Å². The van der Waals surface area contributed by atoms with Gasteiger partial charge in [-0.25, -0.2) is 0 Å². The van der Waals surface area contributed by atoms with Gasteiger partial charge in [-0.05, 0) is 53.1 Å². The van der Waals surface area contributed by atoms with Crippen molar-refractivity contribution in [2.75, 3.05) is 13.6 Å². The van der Waals surface area contributed by atoms with Gasteiger partial charge in [-0.2, -0.15) is 0 Å². The van der Waals surface area contributed by atoms with Crippen molar-refractivity contribution >= 4 is 0 Å². The van der Waals surface area contributed by atoms with Crippen molar-refractivity contribution in [1.82, 2.24) is 4.90 Å². The molecule has 2 nitrogen and oxygen atoms in total. The normalized spacial score (nSPS) is 20.5. The SMILES string of the molecule is CC(C)N(C)CCCC1(N)CC1. The van der Waals surface area contributed by atoms with Gasteiger partial charge in [0.2, 0.25) is 0 Å². The predicted molar refractivity (Wildman–Crippen MR) is 53.2 cm³/mol. The Bertz CT molecular complexity index is 139. The van der Waals surface area contributed by atoms with E-state index in [0.29, 0.717) is 6.04 Å². The van der Waals surface area contributed by atoms with Gasteiger partial charge >= 0.3 is 0 Å². The fourth-order valence-electron chi connectivity index (χ4n) is 1.35. The topological polar surface area (TPSA) is 29.3 Å². The maximum atomic E-state index is 5.99. The summed E-state index contributed by atoms with van der Waals surface area (Å²) in [4.78, 5) is 2.38. The minimum Gasteiger partial charge on any atom is -0.325 e. The van der Waals surface area contributed by atoms with Gasteiger partial charge in [0.1, 0.15) is 0 Å². The van der Waals surface area contributed by atoms with Crippen molar-refractivity contribution in [3.05, 3.63) is 0 Å². The van der Waals surface area contributed by atoms with Gasteiger partial charge in [-0.1, -0.05) is 0 Å². The van der Waals surface area contributed by atoms with Gasteiger partial charge in [-0.3, -0.25) is 0 Å². The molecule has 1 aliphatic rings. The van der Waals surface area contributed by atoms with E-state index in [1.807, 2.05) is 0 Å². The molecule has 0 bridgehead atoms. The molecular weight excluding hydrogens is 148 g/mol. The van der Waals surface area contributed by atoms with Gasteiger partial charge in [0.15, 0.2) is 0 Å². The van der Waals surface area contributed by atoms with Crippen LogP contribution in [0.15, 0.2) is 0 Å². The molecule has 2 N–H and O–H groups in total. The lowest BCUT2D eigenvalue weighted by Crippen LogP contribution is -2.29. The Kier molecular flexibility index (Phi) is 3.13. The molecule has 0 amide bonds. The molecule has 1 saturated carbocycles. The minimum atomic E-state index is 0.248. The summed E-state index contributed by atoms with van der Waals surface area (Å²) in [6.45, 7) is 5.65. The zero-order valence-corrected chi connectivity index (χ0v) is 8.64. The van der Waals surface area contributed by atoms with Crippen LogP contribution in [0.3, 0.4) is 0 Å². The summed E-state index contributed by atoms with van der Waals surface area (Å²) in [5.74, 6) is 0. The average molecular weight is 170 g/mol. The second-order valence-corrected chi connectivity index (χ2v) is 4.54. The van der Waals surface area contributed by atoms with E-state index in [2.05, 4.69) is 25.8 Å². The van der Waals surface area contributed by atoms with Crippen molar-refractivity contribution in [3.8, 4) is 0 Å². The second kappa shape index (κ2) is 3.75. The van der Waals surface area contributed by atoms with E-state index in [4.69, 9.17) is 5.73 Å². The molecule has 0 atom stereocenters. The zero-order chi connectivity index (χ0) is 9.19. The van der Waals surface area contributed by atoms with Crippen LogP contribution in [0.4, 0.5) is 0 Å². The first kappa shape index (κ1) is 10.0. The molecule has 0 radical (unpaired) electrons. The Morgan fingerprint density at radius 1 is 1.42 bits per heavy atom. The highest BCUT2D eigenvalue weighted by Crippen LogP contribution is 2.36. The van der Waals surface area contributed by atoms with Crippen LogP contribution in [-0.2, 0) is 0 Å². The molecule has 0 heterocycles. The molecule has 2 heteroatoms. The van der Waals surface area contributed by atoms with Gasteiger partial charge in [-0.15, -0.1) is 0 Å². The summed E-state index contributed by atoms with van der Waals surface area (Å²) in [5, 5.41) is 0. The summed E-state index contributed by atoms with van der Waals surface area (Å²) in [7, 11) is 2.18. The van der Waals surface area contributed by atoms with Crippen LogP contribution in [-0.4, -0.2) is 30.1 Å². The van der Waals surface area contributed by atoms with E-state index < -0.39 is 0 Å². The molecule has 0 saturated heterocycles. The molecule has 0 aliphatic heterocycles. The highest BCUT2D eigenvalue weighted by Gasteiger charge is 2.37. The van der Waals surface area contributed by atoms with Crippen LogP contribution in [0, 0.1) is 0 Å². The average Bonchev–Trinajstić information content (AvgIpc) is 2.68. The van der Waals surface area contributed by atoms with Crippen molar-refractivity contribution < 1.29 is 0 Å². The summed E-state index contributed by atoms with van der Waals surface area (Å²) >= 11 is 0. The standard InChI is InChI=1S/C10H22N2/c1-9(2)12(3)8-4-5-10(11)6-7-10/h9H,4-8,11H2,1-3H3. The number of hydrogen-bond acceptors (Lipinski definition) is 2. The van der Waals surface area contributed by atoms with E-state index in [9.17, 15) is 0 Å². The number of hydrogen-bond donors (Lipinski definition) is 1. The number of nitrogens with two attached hydrogens (primary N) is 1. The lowest BCUT2D eigenvalue weighted by molar-refractivity contribution is 0.264. The van der Waals surface area contributed by atoms with E-state index in [1.54, 1.807) is 0 Å². The highest BCUT2D eigenvalue weighted by atomic mass is 15.1. The molecule has 0 aromatic carbocycles. The summed E-state index contributed by atoms with van der Waals surface area (Å²) in [6.07, 6.45) is 4.96. The second-order valence-electron chi connectivity index (χ2n) is 4.54. The summed E-state index contributed by atoms with van der Waals surface area (Å²) in [5.41, 5.74) is 6.24. The fraction of sp³-hybridized carbons (Fsp3) is 1.00. The van der Waals surface area contributed by atoms with Gasteiger partial charge in [0, 0.05) is 11.6 Å². The van der Waals surface area contributed by atoms with Crippen molar-refractivity contribution in [2.24, 2.45) is 5.73 Å². The predicted octanol–water partition coefficient (Wildman–Crippen LogP) is 1.60. The Labute approximate surface area is 76.1 Å². The van der Waals surface area contributed by atoms with Crippen LogP contribution in [0.5, 0.6) is 0 Å². The molecule has 1 fully saturated rings. The molecule has 0 unspecified atom stereocenters. The first-order valence-electron chi connectivity index (χ1n) is 5.03. The minimum absolute atomic E-state index is 0.248. The smallest absolute Gasteiger partial charge is 0.0156 e. The largest absolute Gasteiger partial charge is 0.325 e. The van der Waals surface area contributed by atoms with Crippen molar-refractivity contribution in [2.45, 2.75) is 51.1 Å². The number of rotatable bonds is 5. The Balaban J connectivity index is 2.02. The van der Waals surface area contributed by atoms with Crippen LogP contribution in [0.1, 0.15) is 39.5 Å². The number of nitrogens with zero attached hydrogens (tertiary/aromatic N) is 1. The molecule has 1 aliphatic carbocycles. The van der Waals surface area contributed by atoms with Crippen molar-refractivity contribution in [1.29, 1.82) is 0 Å². The lowest BCUT2D eigenvalue weighted by atomic mass is 10.1. The lowest BCUT2D eigenvalue weighted by Gasteiger charge is -2.21. The van der Waals surface area contributed by atoms with Gasteiger partial charge in [0.05, 0.1) is 0 Å². The monoisotopic (exact) mass is 170 g/mol. The third kappa shape index (κ3) is 3.11. The summed E-state index contributed by atoms with van der Waals surface area (Å²) in [6, 6.07) is 0.665. The molecule has 72 valence electrons. The van der Waals surface area contributed by atoms with E-state index >= 15 is 0 Å². The molecule has 0 spiro atoms. The van der Waals surface area contributed by atoms with Crippen LogP contribution < -0.4 is 5.73 Å². The quantitative estimate of drug-likeness (QED) is 0.679. The third-order valence-electron chi connectivity index (χ3n) is 2.96. The van der Waals surface area contributed by atoms with Gasteiger partial charge in [0.25, 0.3) is 0 Å². The molecule has 12 heavy (non-hydrogen) atoms. The van der Waals surface area contributed by atoms with E-state index in [-0.39, 0.29) is 5.54 Å². The highest BCUT2D eigenvalue weighted by molar-refractivity contribution is 4.98. The fourth-order valence-corrected chi connectivity index (χ4v) is 1.35. The molecule has 0 aromatic rings. The maximum absolute atomic E-state index is 5.99. The summed E-state index contributed by atoms with van der Waals surface area (Å²) < 4.78 is 0. The molecular formula is C10H22N2. The Morgan fingerprint density at radius 3 is 2.42 bits per heavy atom. The molecule has 0 aromatic heterocycles. The molecule has 1 rings (SSSR count). The maximum Gasteiger partial charge on any atom is 0.0156 e. The van der Waals surface area contributed by atoms with Crippen LogP contribution in [0.2, 0.25) is 0 Å². The first-order valence-corrected chi connectivity index (χ1v) is 5.03. The Morgan fingerprint density at radius 2 is 2.00 bits per heavy atom. The Hall–Kier alpha value is -0.0800. The first-order chi connectivity index (χ1) is 5.53. The van der Waals surface area contributed by atoms with Crippen molar-refractivity contribution in [3.63, 3.8) is 0 Å². The van der Waals surface area contributed by atoms with Gasteiger partial charge < -0.3 is 10.6 Å². The third-order valence-corrected chi connectivity index (χ3v) is 2.96. The van der Waals surface area contributed by atoms with Crippen LogP contribution >= 0.6 is 0 Å². The van der Waals surface area contributed by atoms with E-state index in [0.717, 1.165) is 0 Å².